The van der Waals surface area contributed by atoms with Crippen molar-refractivity contribution in [2.24, 2.45) is 0 Å². The van der Waals surface area contributed by atoms with Crippen LogP contribution in [0.2, 0.25) is 0 Å². The van der Waals surface area contributed by atoms with Gasteiger partial charge in [-0.1, -0.05) is 6.07 Å². The Balaban J connectivity index is 2.57. The van der Waals surface area contributed by atoms with E-state index in [-0.39, 0.29) is 11.0 Å². The Morgan fingerprint density at radius 1 is 1.00 bits per heavy atom. The Morgan fingerprint density at radius 3 is 2.15 bits per heavy atom. The molecule has 1 aromatic heterocycles. The number of halogens is 7. The van der Waals surface area contributed by atoms with Crippen molar-refractivity contribution in [3.05, 3.63) is 29.6 Å². The number of benzene rings is 1. The summed E-state index contributed by atoms with van der Waals surface area (Å²) in [6.07, 6.45) is -6.38. The van der Waals surface area contributed by atoms with Crippen molar-refractivity contribution >= 4 is 11.0 Å². The fourth-order valence-electron chi connectivity index (χ4n) is 1.60. The lowest BCUT2D eigenvalue weighted by molar-refractivity contribution is -0.361. The van der Waals surface area contributed by atoms with E-state index < -0.39 is 23.8 Å². The van der Waals surface area contributed by atoms with Crippen LogP contribution in [0.3, 0.4) is 0 Å². The number of nitrogens with one attached hydrogen (secondary N) is 1. The van der Waals surface area contributed by atoms with E-state index in [0.29, 0.717) is 5.56 Å². The molecule has 20 heavy (non-hydrogen) atoms. The molecule has 0 aliphatic rings. The van der Waals surface area contributed by atoms with Crippen molar-refractivity contribution in [3.63, 3.8) is 0 Å². The van der Waals surface area contributed by atoms with Crippen LogP contribution in [0.15, 0.2) is 18.2 Å². The Hall–Kier alpha value is -1.80. The number of imidazole rings is 1. The van der Waals surface area contributed by atoms with E-state index in [2.05, 4.69) is 4.98 Å². The van der Waals surface area contributed by atoms with Crippen LogP contribution in [0, 0.1) is 6.92 Å². The minimum absolute atomic E-state index is 0.0438. The summed E-state index contributed by atoms with van der Waals surface area (Å²) in [7, 11) is 0. The molecule has 0 fully saturated rings. The number of aromatic amines is 1. The van der Waals surface area contributed by atoms with Gasteiger partial charge in [-0.3, -0.25) is 0 Å². The van der Waals surface area contributed by atoms with E-state index in [1.165, 1.54) is 18.2 Å². The van der Waals surface area contributed by atoms with Crippen LogP contribution in [0.25, 0.3) is 11.0 Å². The molecule has 0 aliphatic heterocycles. The van der Waals surface area contributed by atoms with Gasteiger partial charge in [0.15, 0.2) is 5.82 Å². The highest BCUT2D eigenvalue weighted by Crippen LogP contribution is 2.51. The monoisotopic (exact) mass is 300 g/mol. The number of aromatic nitrogens is 2. The highest BCUT2D eigenvalue weighted by Gasteiger charge is 2.74. The van der Waals surface area contributed by atoms with Crippen LogP contribution in [0.1, 0.15) is 11.4 Å². The molecule has 0 aliphatic carbocycles. The SMILES string of the molecule is Cc1ccc2nc(C(F)(F)C(F)(F)C(F)(F)F)[nH]c2c1. The molecule has 0 saturated heterocycles. The Kier molecular flexibility index (Phi) is 2.99. The van der Waals surface area contributed by atoms with Crippen molar-refractivity contribution in [2.45, 2.75) is 24.9 Å². The molecule has 0 spiro atoms. The number of H-pyrrole nitrogens is 1. The zero-order valence-electron chi connectivity index (χ0n) is 9.83. The number of rotatable bonds is 2. The first-order valence-electron chi connectivity index (χ1n) is 5.26. The predicted octanol–water partition coefficient (Wildman–Crippen LogP) is 4.16. The Labute approximate surface area is 107 Å². The molecule has 9 heteroatoms. The van der Waals surface area contributed by atoms with E-state index in [1.54, 1.807) is 6.92 Å². The normalized spacial score (nSPS) is 14.0. The van der Waals surface area contributed by atoms with E-state index in [9.17, 15) is 30.7 Å². The largest absolute Gasteiger partial charge is 0.460 e. The van der Waals surface area contributed by atoms with E-state index in [1.807, 2.05) is 4.98 Å². The average Bonchev–Trinajstić information content (AvgIpc) is 2.70. The molecule has 2 rings (SSSR count). The maximum Gasteiger partial charge on any atom is 0.460 e. The molecule has 1 N–H and O–H groups in total. The van der Waals surface area contributed by atoms with E-state index in [0.717, 1.165) is 0 Å². The fraction of sp³-hybridized carbons (Fsp3) is 0.364. The van der Waals surface area contributed by atoms with Crippen molar-refractivity contribution < 1.29 is 30.7 Å². The Bertz CT molecular complexity index is 642. The first kappa shape index (κ1) is 14.6. The summed E-state index contributed by atoms with van der Waals surface area (Å²) in [5.41, 5.74) is 0.444. The molecule has 1 heterocycles. The van der Waals surface area contributed by atoms with E-state index in [4.69, 9.17) is 0 Å². The molecular formula is C11H7F7N2. The molecular weight excluding hydrogens is 293 g/mol. The van der Waals surface area contributed by atoms with Crippen LogP contribution in [0.4, 0.5) is 30.7 Å². The third-order valence-electron chi connectivity index (χ3n) is 2.69. The van der Waals surface area contributed by atoms with Gasteiger partial charge in [0.05, 0.1) is 11.0 Å². The van der Waals surface area contributed by atoms with Gasteiger partial charge >= 0.3 is 18.0 Å². The lowest BCUT2D eigenvalue weighted by atomic mass is 10.1. The summed E-state index contributed by atoms with van der Waals surface area (Å²) < 4.78 is 88.7. The van der Waals surface area contributed by atoms with Gasteiger partial charge < -0.3 is 4.98 Å². The highest BCUT2D eigenvalue weighted by molar-refractivity contribution is 5.76. The third-order valence-corrected chi connectivity index (χ3v) is 2.69. The summed E-state index contributed by atoms with van der Waals surface area (Å²) in [4.78, 5) is 4.93. The topological polar surface area (TPSA) is 28.7 Å². The maximum atomic E-state index is 13.4. The van der Waals surface area contributed by atoms with Crippen molar-refractivity contribution in [1.82, 2.24) is 9.97 Å². The van der Waals surface area contributed by atoms with Gasteiger partial charge in [0, 0.05) is 0 Å². The minimum Gasteiger partial charge on any atom is -0.337 e. The summed E-state index contributed by atoms with van der Waals surface area (Å²) in [6, 6.07) is 4.02. The van der Waals surface area contributed by atoms with Gasteiger partial charge in [-0.05, 0) is 24.6 Å². The molecule has 2 nitrogen and oxygen atoms in total. The predicted molar refractivity (Wildman–Crippen MR) is 55.7 cm³/mol. The number of hydrogen-bond donors (Lipinski definition) is 1. The number of hydrogen-bond acceptors (Lipinski definition) is 1. The number of fused-ring (bicyclic) bond motifs is 1. The van der Waals surface area contributed by atoms with Crippen LogP contribution < -0.4 is 0 Å². The molecule has 0 radical (unpaired) electrons. The van der Waals surface area contributed by atoms with Crippen LogP contribution in [0.5, 0.6) is 0 Å². The first-order chi connectivity index (χ1) is 8.97. The maximum absolute atomic E-state index is 13.4. The van der Waals surface area contributed by atoms with Gasteiger partial charge in [-0.25, -0.2) is 4.98 Å². The molecule has 110 valence electrons. The molecule has 0 amide bonds. The van der Waals surface area contributed by atoms with Crippen molar-refractivity contribution in [1.29, 1.82) is 0 Å². The van der Waals surface area contributed by atoms with Crippen LogP contribution in [-0.2, 0) is 5.92 Å². The second-order valence-corrected chi connectivity index (χ2v) is 4.25. The Morgan fingerprint density at radius 2 is 1.60 bits per heavy atom. The van der Waals surface area contributed by atoms with Crippen LogP contribution >= 0.6 is 0 Å². The van der Waals surface area contributed by atoms with Gasteiger partial charge in [-0.15, -0.1) is 0 Å². The van der Waals surface area contributed by atoms with Crippen molar-refractivity contribution in [3.8, 4) is 0 Å². The minimum atomic E-state index is -6.38. The lowest BCUT2D eigenvalue weighted by Gasteiger charge is -2.26. The van der Waals surface area contributed by atoms with Crippen molar-refractivity contribution in [2.75, 3.05) is 0 Å². The van der Waals surface area contributed by atoms with Crippen LogP contribution in [-0.4, -0.2) is 22.1 Å². The quantitative estimate of drug-likeness (QED) is 0.829. The van der Waals surface area contributed by atoms with Gasteiger partial charge in [0.25, 0.3) is 0 Å². The second-order valence-electron chi connectivity index (χ2n) is 4.25. The number of alkyl halides is 7. The zero-order valence-corrected chi connectivity index (χ0v) is 9.83. The number of aryl methyl sites for hydroxylation is 1. The molecule has 2 aromatic rings. The molecule has 1 aromatic carbocycles. The van der Waals surface area contributed by atoms with E-state index >= 15 is 0 Å². The number of nitrogens with zero attached hydrogens (tertiary/aromatic N) is 1. The summed E-state index contributed by atoms with van der Waals surface area (Å²) in [6.45, 7) is 1.60. The molecule has 0 atom stereocenters. The average molecular weight is 300 g/mol. The summed E-state index contributed by atoms with van der Waals surface area (Å²) in [5.74, 6) is -13.4. The highest BCUT2D eigenvalue weighted by atomic mass is 19.4. The summed E-state index contributed by atoms with van der Waals surface area (Å²) >= 11 is 0. The smallest absolute Gasteiger partial charge is 0.337 e. The summed E-state index contributed by atoms with van der Waals surface area (Å²) in [5, 5.41) is 0. The molecule has 0 saturated carbocycles. The fourth-order valence-corrected chi connectivity index (χ4v) is 1.60. The second kappa shape index (κ2) is 4.10. The lowest BCUT2D eigenvalue weighted by Crippen LogP contribution is -2.50. The van der Waals surface area contributed by atoms with Gasteiger partial charge in [0.1, 0.15) is 0 Å². The molecule has 0 unspecified atom stereocenters. The third kappa shape index (κ3) is 2.01. The molecule has 0 bridgehead atoms. The standard InChI is InChI=1S/C11H7F7N2/c1-5-2-3-6-7(4-5)20-8(19-6)9(12,13)10(14,15)11(16,17)18/h2-4H,1H3,(H,19,20). The first-order valence-corrected chi connectivity index (χ1v) is 5.26. The zero-order chi connectivity index (χ0) is 15.3. The van der Waals surface area contributed by atoms with Gasteiger partial charge in [-0.2, -0.15) is 30.7 Å². The van der Waals surface area contributed by atoms with Gasteiger partial charge in [0.2, 0.25) is 0 Å².